The smallest absolute Gasteiger partial charge is 0.0692 e. The zero-order chi connectivity index (χ0) is 13.1. The molecule has 0 saturated carbocycles. The van der Waals surface area contributed by atoms with Gasteiger partial charge in [-0.2, -0.15) is 0 Å². The standard InChI is InChI=1S/C15H14N4/c1-2-13(12-19-10-8-16-17-19)11-18-9-7-14-5-3-4-6-15(14)18/h1,3-10,13H,11-12H2. The number of aromatic nitrogens is 4. The molecule has 0 radical (unpaired) electrons. The first-order valence-electron chi connectivity index (χ1n) is 6.21. The highest BCUT2D eigenvalue weighted by molar-refractivity contribution is 5.79. The molecule has 2 aromatic heterocycles. The van der Waals surface area contributed by atoms with Crippen molar-refractivity contribution >= 4 is 10.9 Å². The third-order valence-corrected chi connectivity index (χ3v) is 3.21. The number of terminal acetylenes is 1. The lowest BCUT2D eigenvalue weighted by Crippen LogP contribution is -2.15. The summed E-state index contributed by atoms with van der Waals surface area (Å²) in [6.45, 7) is 1.47. The molecule has 0 N–H and O–H groups in total. The molecule has 0 aliphatic rings. The van der Waals surface area contributed by atoms with Crippen LogP contribution in [0.2, 0.25) is 0 Å². The summed E-state index contributed by atoms with van der Waals surface area (Å²) in [5.41, 5.74) is 1.21. The van der Waals surface area contributed by atoms with Crippen LogP contribution in [0, 0.1) is 18.3 Å². The third-order valence-electron chi connectivity index (χ3n) is 3.21. The minimum Gasteiger partial charge on any atom is -0.346 e. The quantitative estimate of drug-likeness (QED) is 0.665. The second-order valence-electron chi connectivity index (χ2n) is 4.52. The molecule has 4 heteroatoms. The Kier molecular flexibility index (Phi) is 3.03. The fraction of sp³-hybridized carbons (Fsp3) is 0.200. The van der Waals surface area contributed by atoms with Crippen molar-refractivity contribution < 1.29 is 0 Å². The van der Waals surface area contributed by atoms with Gasteiger partial charge in [0.05, 0.1) is 18.7 Å². The van der Waals surface area contributed by atoms with Crippen molar-refractivity contribution in [3.63, 3.8) is 0 Å². The summed E-state index contributed by atoms with van der Waals surface area (Å²) < 4.78 is 3.97. The van der Waals surface area contributed by atoms with Crippen molar-refractivity contribution in [2.45, 2.75) is 13.1 Å². The van der Waals surface area contributed by atoms with E-state index in [1.54, 1.807) is 10.9 Å². The second kappa shape index (κ2) is 4.99. The van der Waals surface area contributed by atoms with E-state index in [1.165, 1.54) is 10.9 Å². The topological polar surface area (TPSA) is 35.6 Å². The van der Waals surface area contributed by atoms with Gasteiger partial charge in [-0.15, -0.1) is 11.5 Å². The lowest BCUT2D eigenvalue weighted by molar-refractivity contribution is 0.444. The van der Waals surface area contributed by atoms with E-state index in [0.29, 0.717) is 6.54 Å². The Labute approximate surface area is 111 Å². The van der Waals surface area contributed by atoms with Crippen molar-refractivity contribution in [1.29, 1.82) is 0 Å². The van der Waals surface area contributed by atoms with Crippen LogP contribution in [-0.4, -0.2) is 19.6 Å². The summed E-state index contributed by atoms with van der Waals surface area (Å²) in [7, 11) is 0. The fourth-order valence-corrected chi connectivity index (χ4v) is 2.26. The highest BCUT2D eigenvalue weighted by atomic mass is 15.4. The zero-order valence-electron chi connectivity index (χ0n) is 10.5. The minimum atomic E-state index is 0.0949. The summed E-state index contributed by atoms with van der Waals surface area (Å²) >= 11 is 0. The Morgan fingerprint density at radius 1 is 1.16 bits per heavy atom. The number of fused-ring (bicyclic) bond motifs is 1. The highest BCUT2D eigenvalue weighted by Gasteiger charge is 2.09. The van der Waals surface area contributed by atoms with Crippen LogP contribution in [0.3, 0.4) is 0 Å². The highest BCUT2D eigenvalue weighted by Crippen LogP contribution is 2.17. The molecule has 0 saturated heterocycles. The van der Waals surface area contributed by atoms with Gasteiger partial charge >= 0.3 is 0 Å². The van der Waals surface area contributed by atoms with E-state index < -0.39 is 0 Å². The van der Waals surface area contributed by atoms with Crippen LogP contribution in [0.5, 0.6) is 0 Å². The van der Waals surface area contributed by atoms with Gasteiger partial charge in [-0.05, 0) is 17.5 Å². The Morgan fingerprint density at radius 3 is 2.84 bits per heavy atom. The molecule has 0 aliphatic heterocycles. The van der Waals surface area contributed by atoms with Gasteiger partial charge in [0, 0.05) is 24.5 Å². The van der Waals surface area contributed by atoms with Crippen LogP contribution >= 0.6 is 0 Å². The average molecular weight is 250 g/mol. The van der Waals surface area contributed by atoms with Crippen molar-refractivity contribution in [3.8, 4) is 12.3 Å². The number of hydrogen-bond acceptors (Lipinski definition) is 2. The van der Waals surface area contributed by atoms with E-state index in [9.17, 15) is 0 Å². The van der Waals surface area contributed by atoms with Crippen LogP contribution in [0.15, 0.2) is 48.9 Å². The van der Waals surface area contributed by atoms with E-state index in [-0.39, 0.29) is 5.92 Å². The Bertz CT molecular complexity index is 703. The number of benzene rings is 1. The Hall–Kier alpha value is -2.54. The van der Waals surface area contributed by atoms with Gasteiger partial charge in [-0.25, -0.2) is 0 Å². The normalized spacial score (nSPS) is 12.4. The van der Waals surface area contributed by atoms with E-state index in [4.69, 9.17) is 6.42 Å². The maximum Gasteiger partial charge on any atom is 0.0692 e. The SMILES string of the molecule is C#CC(Cn1ccnn1)Cn1ccc2ccccc21. The molecule has 3 rings (SSSR count). The lowest BCUT2D eigenvalue weighted by Gasteiger charge is -2.12. The predicted molar refractivity (Wildman–Crippen MR) is 74.3 cm³/mol. The average Bonchev–Trinajstić information content (AvgIpc) is 3.08. The maximum absolute atomic E-state index is 5.63. The third kappa shape index (κ3) is 2.36. The second-order valence-corrected chi connectivity index (χ2v) is 4.52. The zero-order valence-corrected chi connectivity index (χ0v) is 10.5. The number of nitrogens with zero attached hydrogens (tertiary/aromatic N) is 4. The number of hydrogen-bond donors (Lipinski definition) is 0. The first kappa shape index (κ1) is 11.5. The number of para-hydroxylation sites is 1. The Morgan fingerprint density at radius 2 is 2.05 bits per heavy atom. The maximum atomic E-state index is 5.63. The van der Waals surface area contributed by atoms with Crippen LogP contribution in [0.25, 0.3) is 10.9 Å². The van der Waals surface area contributed by atoms with Crippen molar-refractivity contribution in [2.75, 3.05) is 0 Å². The van der Waals surface area contributed by atoms with Crippen LogP contribution < -0.4 is 0 Å². The van der Waals surface area contributed by atoms with E-state index in [2.05, 4.69) is 45.2 Å². The molecule has 0 spiro atoms. The molecule has 4 nitrogen and oxygen atoms in total. The molecule has 3 aromatic rings. The molecule has 1 aromatic carbocycles. The molecular formula is C15H14N4. The molecule has 94 valence electrons. The van der Waals surface area contributed by atoms with Crippen LogP contribution in [0.4, 0.5) is 0 Å². The molecule has 2 heterocycles. The van der Waals surface area contributed by atoms with Crippen LogP contribution in [-0.2, 0) is 13.1 Å². The summed E-state index contributed by atoms with van der Waals surface area (Å²) in [5.74, 6) is 2.93. The van der Waals surface area contributed by atoms with Crippen molar-refractivity contribution in [2.24, 2.45) is 5.92 Å². The van der Waals surface area contributed by atoms with Gasteiger partial charge in [-0.1, -0.05) is 29.3 Å². The van der Waals surface area contributed by atoms with Gasteiger partial charge in [0.1, 0.15) is 0 Å². The molecule has 19 heavy (non-hydrogen) atoms. The first-order chi connectivity index (χ1) is 9.36. The molecule has 0 fully saturated rings. The van der Waals surface area contributed by atoms with Gasteiger partial charge in [0.2, 0.25) is 0 Å². The molecule has 1 atom stereocenters. The molecule has 0 amide bonds. The van der Waals surface area contributed by atoms with Crippen molar-refractivity contribution in [1.82, 2.24) is 19.6 Å². The van der Waals surface area contributed by atoms with E-state index in [1.807, 2.05) is 18.3 Å². The number of rotatable bonds is 4. The van der Waals surface area contributed by atoms with Crippen LogP contribution in [0.1, 0.15) is 0 Å². The predicted octanol–water partition coefficient (Wildman–Crippen LogP) is 2.18. The first-order valence-corrected chi connectivity index (χ1v) is 6.21. The summed E-state index contributed by atoms with van der Waals surface area (Å²) in [6, 6.07) is 10.4. The van der Waals surface area contributed by atoms with Gasteiger partial charge in [-0.3, -0.25) is 4.68 Å². The summed E-state index contributed by atoms with van der Waals surface area (Å²) in [5, 5.41) is 8.99. The minimum absolute atomic E-state index is 0.0949. The molecular weight excluding hydrogens is 236 g/mol. The fourth-order valence-electron chi connectivity index (χ4n) is 2.26. The summed E-state index contributed by atoms with van der Waals surface area (Å²) in [4.78, 5) is 0. The van der Waals surface area contributed by atoms with Gasteiger partial charge < -0.3 is 4.57 Å². The lowest BCUT2D eigenvalue weighted by atomic mass is 10.1. The molecule has 0 aliphatic carbocycles. The monoisotopic (exact) mass is 250 g/mol. The summed E-state index contributed by atoms with van der Waals surface area (Å²) in [6.07, 6.45) is 11.2. The van der Waals surface area contributed by atoms with Crippen molar-refractivity contribution in [3.05, 3.63) is 48.9 Å². The largest absolute Gasteiger partial charge is 0.346 e. The molecule has 0 bridgehead atoms. The van der Waals surface area contributed by atoms with E-state index in [0.717, 1.165) is 6.54 Å². The van der Waals surface area contributed by atoms with E-state index >= 15 is 0 Å². The Balaban J connectivity index is 1.81. The van der Waals surface area contributed by atoms with Gasteiger partial charge in [0.15, 0.2) is 0 Å². The molecule has 1 unspecified atom stereocenters. The van der Waals surface area contributed by atoms with Gasteiger partial charge in [0.25, 0.3) is 0 Å².